The van der Waals surface area contributed by atoms with Crippen molar-refractivity contribution < 1.29 is 68.9 Å². The Labute approximate surface area is 374 Å². The first kappa shape index (κ1) is 49.4. The lowest BCUT2D eigenvalue weighted by molar-refractivity contribution is -0.141. The second-order valence-corrected chi connectivity index (χ2v) is 19.9. The highest BCUT2D eigenvalue weighted by Gasteiger charge is 2.62. The molecule has 2 heterocycles. The number of alkyl halides is 3. The van der Waals surface area contributed by atoms with Gasteiger partial charge in [-0.3, -0.25) is 28.8 Å². The minimum absolute atomic E-state index is 0.0931. The molecule has 17 nitrogen and oxygen atoms in total. The van der Waals surface area contributed by atoms with Gasteiger partial charge in [-0.25, -0.2) is 17.6 Å². The van der Waals surface area contributed by atoms with Gasteiger partial charge in [0.15, 0.2) is 0 Å². The average molecular weight is 941 g/mol. The molecule has 5 amide bonds. The molecule has 1 saturated heterocycles. The number of hydrogen-bond donors (Lipinski definition) is 4. The fraction of sp³-hybridized carbons (Fsp3) is 0.605. The summed E-state index contributed by atoms with van der Waals surface area (Å²) in [5, 5.41) is 7.49. The third-order valence-corrected chi connectivity index (χ3v) is 13.6. The zero-order valence-corrected chi connectivity index (χ0v) is 37.7. The largest absolute Gasteiger partial charge is 0.444 e. The van der Waals surface area contributed by atoms with Gasteiger partial charge < -0.3 is 39.8 Å². The molecule has 5 unspecified atom stereocenters. The van der Waals surface area contributed by atoms with Crippen molar-refractivity contribution in [2.75, 3.05) is 57.3 Å². The fourth-order valence-corrected chi connectivity index (χ4v) is 9.39. The van der Waals surface area contributed by atoms with Gasteiger partial charge in [-0.2, -0.15) is 13.2 Å². The van der Waals surface area contributed by atoms with E-state index in [4.69, 9.17) is 18.9 Å². The number of benzene rings is 2. The number of ether oxygens (including phenoxy) is 4. The third kappa shape index (κ3) is 12.2. The molecular formula is C43H56F4N6O11S. The first-order chi connectivity index (χ1) is 30.5. The molecule has 3 fully saturated rings. The molecule has 0 bridgehead atoms. The van der Waals surface area contributed by atoms with Crippen LogP contribution in [0, 0.1) is 17.2 Å². The Morgan fingerprint density at radius 3 is 2.26 bits per heavy atom. The number of fused-ring (bicyclic) bond motifs is 1. The second kappa shape index (κ2) is 19.8. The Morgan fingerprint density at radius 2 is 1.62 bits per heavy atom. The number of rotatable bonds is 19. The summed E-state index contributed by atoms with van der Waals surface area (Å²) < 4.78 is 105. The Hall–Kier alpha value is -5.06. The monoisotopic (exact) mass is 940 g/mol. The van der Waals surface area contributed by atoms with E-state index >= 15 is 0 Å². The Kier molecular flexibility index (Phi) is 15.0. The van der Waals surface area contributed by atoms with E-state index in [1.807, 2.05) is 0 Å². The summed E-state index contributed by atoms with van der Waals surface area (Å²) in [5.74, 6) is -4.59. The highest BCUT2D eigenvalue weighted by atomic mass is 32.2. The van der Waals surface area contributed by atoms with Gasteiger partial charge in [0.25, 0.3) is 5.91 Å². The zero-order chi connectivity index (χ0) is 47.5. The number of nitrogens with one attached hydrogen (secondary N) is 4. The number of methoxy groups -OCH3 is 1. The number of halogens is 4. The van der Waals surface area contributed by atoms with Crippen LogP contribution in [0.4, 0.5) is 33.7 Å². The van der Waals surface area contributed by atoms with E-state index in [1.54, 1.807) is 53.0 Å². The maximum atomic E-state index is 14.7. The lowest BCUT2D eigenvalue weighted by atomic mass is 9.85. The molecule has 2 saturated carbocycles. The van der Waals surface area contributed by atoms with Crippen molar-refractivity contribution >= 4 is 51.1 Å². The van der Waals surface area contributed by atoms with E-state index in [9.17, 15) is 50.0 Å². The van der Waals surface area contributed by atoms with Crippen LogP contribution < -0.4 is 20.7 Å². The molecule has 2 aliphatic carbocycles. The first-order valence-electron chi connectivity index (χ1n) is 21.4. The minimum atomic E-state index is -4.90. The molecule has 2 aromatic rings. The number of amides is 5. The van der Waals surface area contributed by atoms with Crippen LogP contribution in [0.5, 0.6) is 0 Å². The Morgan fingerprint density at radius 1 is 0.923 bits per heavy atom. The first-order valence-corrected chi connectivity index (χ1v) is 22.9. The van der Waals surface area contributed by atoms with Crippen LogP contribution in [0.15, 0.2) is 36.4 Å². The lowest BCUT2D eigenvalue weighted by Crippen LogP contribution is -2.58. The highest BCUT2D eigenvalue weighted by molar-refractivity contribution is 7.91. The molecule has 22 heteroatoms. The molecule has 4 aliphatic rings. The van der Waals surface area contributed by atoms with Crippen LogP contribution in [0.3, 0.4) is 0 Å². The molecular weight excluding hydrogens is 885 g/mol. The van der Waals surface area contributed by atoms with E-state index in [1.165, 1.54) is 4.90 Å². The van der Waals surface area contributed by atoms with Crippen LogP contribution >= 0.6 is 0 Å². The molecule has 0 aromatic heterocycles. The highest BCUT2D eigenvalue weighted by Crippen LogP contribution is 2.47. The molecule has 0 spiro atoms. The van der Waals surface area contributed by atoms with Crippen LogP contribution in [0.2, 0.25) is 0 Å². The predicted molar refractivity (Wildman–Crippen MR) is 226 cm³/mol. The fourth-order valence-electron chi connectivity index (χ4n) is 8.03. The van der Waals surface area contributed by atoms with Crippen molar-refractivity contribution in [3.63, 3.8) is 0 Å². The number of hydrogen-bond acceptors (Lipinski definition) is 12. The van der Waals surface area contributed by atoms with Gasteiger partial charge in [-0.05, 0) is 72.1 Å². The predicted octanol–water partition coefficient (Wildman–Crippen LogP) is 4.30. The third-order valence-electron chi connectivity index (χ3n) is 11.8. The second-order valence-electron chi connectivity index (χ2n) is 17.9. The van der Waals surface area contributed by atoms with E-state index in [2.05, 4.69) is 20.7 Å². The van der Waals surface area contributed by atoms with Gasteiger partial charge >= 0.3 is 12.3 Å². The summed E-state index contributed by atoms with van der Waals surface area (Å²) >= 11 is 0. The molecule has 358 valence electrons. The van der Waals surface area contributed by atoms with Gasteiger partial charge in [-0.1, -0.05) is 40.2 Å². The van der Waals surface area contributed by atoms with Crippen LogP contribution in [0.1, 0.15) is 76.5 Å². The van der Waals surface area contributed by atoms with Crippen molar-refractivity contribution in [1.82, 2.24) is 19.8 Å². The van der Waals surface area contributed by atoms with Crippen molar-refractivity contribution in [3.05, 3.63) is 58.9 Å². The number of anilines is 2. The summed E-state index contributed by atoms with van der Waals surface area (Å²) in [4.78, 5) is 71.3. The number of nitrogens with zero attached hydrogens (tertiary/aromatic N) is 2. The van der Waals surface area contributed by atoms with Gasteiger partial charge in [0.2, 0.25) is 27.7 Å². The molecule has 2 aromatic carbocycles. The number of carbonyl (C=O) groups excluding carboxylic acids is 5. The summed E-state index contributed by atoms with van der Waals surface area (Å²) in [6.45, 7) is 7.61. The van der Waals surface area contributed by atoms with Gasteiger partial charge in [0.1, 0.15) is 36.2 Å². The molecule has 6 rings (SSSR count). The summed E-state index contributed by atoms with van der Waals surface area (Å²) in [6.07, 6.45) is -5.75. The van der Waals surface area contributed by atoms with E-state index in [-0.39, 0.29) is 58.0 Å². The lowest BCUT2D eigenvalue weighted by Gasteiger charge is -2.36. The van der Waals surface area contributed by atoms with Crippen molar-refractivity contribution in [2.24, 2.45) is 11.3 Å². The van der Waals surface area contributed by atoms with E-state index < -0.39 is 97.6 Å². The average Bonchev–Trinajstić information content (AvgIpc) is 4.12. The van der Waals surface area contributed by atoms with Crippen molar-refractivity contribution in [3.8, 4) is 0 Å². The van der Waals surface area contributed by atoms with Crippen molar-refractivity contribution in [1.29, 1.82) is 0 Å². The van der Waals surface area contributed by atoms with E-state index in [0.29, 0.717) is 50.3 Å². The maximum Gasteiger partial charge on any atom is 0.416 e. The van der Waals surface area contributed by atoms with Gasteiger partial charge in [-0.15, -0.1) is 0 Å². The van der Waals surface area contributed by atoms with Gasteiger partial charge in [0, 0.05) is 38.0 Å². The minimum Gasteiger partial charge on any atom is -0.444 e. The standard InChI is InChI=1S/C43H56F4N6O11S/c1-6-27-20-42(27,39(57)51-65(59,60)33-9-10-33)50-37(55)34-19-32(23-53(34)38(56)36(41(2,3)4)49-31-17-28(43(45,46)47)16-29(44)18-31)64-40(58)52-21-25-7-8-30(15-26(25)22-52)48-35(54)24-63-14-13-62-12-11-61-5/h7-8,15-18,27,32-34,36,49H,6,9-14,19-24H2,1-5H3,(H,48,54)(H,50,55)(H,51,57). The number of likely N-dealkylation sites (tertiary alicyclic amines) is 1. The topological polar surface area (TPSA) is 211 Å². The molecule has 2 aliphatic heterocycles. The zero-order valence-electron chi connectivity index (χ0n) is 36.8. The molecule has 4 N–H and O–H groups in total. The quantitative estimate of drug-likeness (QED) is 0.115. The summed E-state index contributed by atoms with van der Waals surface area (Å²) in [7, 11) is -2.44. The van der Waals surface area contributed by atoms with Gasteiger partial charge in [0.05, 0.1) is 43.8 Å². The SMILES string of the molecule is CCC1CC1(NC(=O)C1CC(OC(=O)N2Cc3ccc(NC(=O)COCCOCCOC)cc3C2)CN1C(=O)C(Nc1cc(F)cc(C(F)(F)F)c1)C(C)(C)C)C(=O)NS(=O)(=O)C1CC1. The maximum absolute atomic E-state index is 14.7. The molecule has 0 radical (unpaired) electrons. The summed E-state index contributed by atoms with van der Waals surface area (Å²) in [5.41, 5.74) is -2.36. The molecule has 5 atom stereocenters. The van der Waals surface area contributed by atoms with Crippen LogP contribution in [0.25, 0.3) is 0 Å². The smallest absolute Gasteiger partial charge is 0.416 e. The van der Waals surface area contributed by atoms with Crippen LogP contribution in [-0.2, 0) is 67.4 Å². The Balaban J connectivity index is 1.17. The normalized spacial score (nSPS) is 22.2. The number of sulfonamides is 1. The molecule has 65 heavy (non-hydrogen) atoms. The van der Waals surface area contributed by atoms with Crippen LogP contribution in [-0.4, -0.2) is 124 Å². The number of carbonyl (C=O) groups is 5. The van der Waals surface area contributed by atoms with Crippen molar-refractivity contribution in [2.45, 2.75) is 108 Å². The van der Waals surface area contributed by atoms with E-state index in [0.717, 1.165) is 22.1 Å². The summed E-state index contributed by atoms with van der Waals surface area (Å²) in [6, 6.07) is 4.15. The Bertz CT molecular complexity index is 2240.